The fourth-order valence-electron chi connectivity index (χ4n) is 2.00. The number of H-pyrrole nitrogens is 1. The summed E-state index contributed by atoms with van der Waals surface area (Å²) in [5.41, 5.74) is 2.67. The van der Waals surface area contributed by atoms with Gasteiger partial charge in [-0.15, -0.1) is 0 Å². The molecule has 4 nitrogen and oxygen atoms in total. The highest BCUT2D eigenvalue weighted by atomic mass is 19.1. The predicted octanol–water partition coefficient (Wildman–Crippen LogP) is 3.63. The molecule has 0 aliphatic rings. The molecular formula is C16H13FN3O. The topological polar surface area (TPSA) is 50.8 Å². The van der Waals surface area contributed by atoms with Crippen LogP contribution in [0.3, 0.4) is 0 Å². The minimum Gasteiger partial charge on any atom is -0.463 e. The molecule has 0 amide bonds. The van der Waals surface area contributed by atoms with Crippen molar-refractivity contribution >= 4 is 0 Å². The van der Waals surface area contributed by atoms with Crippen molar-refractivity contribution in [3.05, 3.63) is 61.0 Å². The minimum atomic E-state index is -0.840. The SMILES string of the molecule is [CH2]c1cccc(-c2n[nH]c(-c3ccc(OCF)cc3)n2)c1. The second-order valence-electron chi connectivity index (χ2n) is 4.49. The smallest absolute Gasteiger partial charge is 0.228 e. The van der Waals surface area contributed by atoms with E-state index in [0.29, 0.717) is 17.4 Å². The van der Waals surface area contributed by atoms with Crippen molar-refractivity contribution < 1.29 is 9.13 Å². The number of alkyl halides is 1. The molecule has 1 radical (unpaired) electrons. The van der Waals surface area contributed by atoms with Gasteiger partial charge in [-0.25, -0.2) is 9.37 Å². The first-order valence-corrected chi connectivity index (χ1v) is 6.40. The summed E-state index contributed by atoms with van der Waals surface area (Å²) < 4.78 is 16.8. The van der Waals surface area contributed by atoms with Crippen molar-refractivity contribution in [3.63, 3.8) is 0 Å². The van der Waals surface area contributed by atoms with Gasteiger partial charge >= 0.3 is 0 Å². The zero-order valence-electron chi connectivity index (χ0n) is 11.2. The van der Waals surface area contributed by atoms with Crippen LogP contribution in [0.25, 0.3) is 22.8 Å². The molecule has 1 heterocycles. The molecule has 2 aromatic carbocycles. The van der Waals surface area contributed by atoms with Crippen molar-refractivity contribution in [3.8, 4) is 28.5 Å². The number of benzene rings is 2. The monoisotopic (exact) mass is 282 g/mol. The summed E-state index contributed by atoms with van der Waals surface area (Å²) in [6.45, 7) is 3.05. The van der Waals surface area contributed by atoms with Gasteiger partial charge in [-0.05, 0) is 42.8 Å². The molecule has 0 bridgehead atoms. The van der Waals surface area contributed by atoms with Crippen LogP contribution in [0.5, 0.6) is 5.75 Å². The first-order valence-electron chi connectivity index (χ1n) is 6.40. The largest absolute Gasteiger partial charge is 0.463 e. The van der Waals surface area contributed by atoms with Gasteiger partial charge < -0.3 is 4.74 Å². The maximum Gasteiger partial charge on any atom is 0.228 e. The van der Waals surface area contributed by atoms with E-state index in [9.17, 15) is 4.39 Å². The molecule has 21 heavy (non-hydrogen) atoms. The summed E-state index contributed by atoms with van der Waals surface area (Å²) in [4.78, 5) is 4.46. The molecular weight excluding hydrogens is 269 g/mol. The third kappa shape index (κ3) is 2.91. The Bertz CT molecular complexity index is 737. The van der Waals surface area contributed by atoms with Crippen molar-refractivity contribution in [2.45, 2.75) is 0 Å². The van der Waals surface area contributed by atoms with Crippen LogP contribution in [0.2, 0.25) is 0 Å². The van der Waals surface area contributed by atoms with Crippen molar-refractivity contribution in [2.75, 3.05) is 6.86 Å². The second kappa shape index (κ2) is 5.75. The van der Waals surface area contributed by atoms with Gasteiger partial charge in [0, 0.05) is 11.1 Å². The number of nitrogens with one attached hydrogen (secondary N) is 1. The number of aromatic nitrogens is 3. The van der Waals surface area contributed by atoms with Crippen LogP contribution in [0.15, 0.2) is 48.5 Å². The van der Waals surface area contributed by atoms with E-state index in [1.165, 1.54) is 0 Å². The van der Waals surface area contributed by atoms with Crippen LogP contribution < -0.4 is 4.74 Å². The van der Waals surface area contributed by atoms with Crippen molar-refractivity contribution in [2.24, 2.45) is 0 Å². The number of halogens is 1. The molecule has 1 N–H and O–H groups in total. The van der Waals surface area contributed by atoms with E-state index >= 15 is 0 Å². The number of ether oxygens (including phenoxy) is 1. The van der Waals surface area contributed by atoms with E-state index in [-0.39, 0.29) is 0 Å². The predicted molar refractivity (Wildman–Crippen MR) is 78.3 cm³/mol. The van der Waals surface area contributed by atoms with Crippen LogP contribution in [0.1, 0.15) is 5.56 Å². The highest BCUT2D eigenvalue weighted by Crippen LogP contribution is 2.22. The Balaban J connectivity index is 1.87. The zero-order chi connectivity index (χ0) is 14.7. The molecule has 0 saturated heterocycles. The molecule has 0 aliphatic carbocycles. The normalized spacial score (nSPS) is 10.6. The molecule has 0 aliphatic heterocycles. The molecule has 0 fully saturated rings. The molecule has 0 saturated carbocycles. The maximum atomic E-state index is 12.1. The Morgan fingerprint density at radius 1 is 1.10 bits per heavy atom. The fraction of sp³-hybridized carbons (Fsp3) is 0.0625. The van der Waals surface area contributed by atoms with Gasteiger partial charge in [0.1, 0.15) is 5.75 Å². The Labute approximate surface area is 121 Å². The number of hydrogen-bond donors (Lipinski definition) is 1. The maximum absolute atomic E-state index is 12.1. The van der Waals surface area contributed by atoms with Crippen molar-refractivity contribution in [1.82, 2.24) is 15.2 Å². The van der Waals surface area contributed by atoms with Gasteiger partial charge in [-0.3, -0.25) is 5.10 Å². The third-order valence-electron chi connectivity index (χ3n) is 3.02. The Kier molecular flexibility index (Phi) is 3.64. The number of aromatic amines is 1. The molecule has 5 heteroatoms. The number of nitrogens with zero attached hydrogens (tertiary/aromatic N) is 2. The summed E-state index contributed by atoms with van der Waals surface area (Å²) in [6.07, 6.45) is 0. The molecule has 0 spiro atoms. The fourth-order valence-corrected chi connectivity index (χ4v) is 2.00. The lowest BCUT2D eigenvalue weighted by molar-refractivity contribution is 0.192. The Hall–Kier alpha value is -2.69. The van der Waals surface area contributed by atoms with E-state index < -0.39 is 6.86 Å². The number of hydrogen-bond acceptors (Lipinski definition) is 3. The second-order valence-corrected chi connectivity index (χ2v) is 4.49. The van der Waals surface area contributed by atoms with Gasteiger partial charge in [0.05, 0.1) is 0 Å². The van der Waals surface area contributed by atoms with Crippen LogP contribution in [-0.2, 0) is 0 Å². The van der Waals surface area contributed by atoms with Crippen LogP contribution >= 0.6 is 0 Å². The summed E-state index contributed by atoms with van der Waals surface area (Å²) in [5, 5.41) is 7.10. The Morgan fingerprint density at radius 2 is 1.90 bits per heavy atom. The van der Waals surface area contributed by atoms with E-state index in [0.717, 1.165) is 16.7 Å². The lowest BCUT2D eigenvalue weighted by Crippen LogP contribution is -1.89. The molecule has 1 aromatic heterocycles. The van der Waals surface area contributed by atoms with E-state index in [2.05, 4.69) is 22.1 Å². The van der Waals surface area contributed by atoms with Crippen molar-refractivity contribution in [1.29, 1.82) is 0 Å². The average molecular weight is 282 g/mol. The average Bonchev–Trinajstić information content (AvgIpc) is 2.98. The standard InChI is InChI=1S/C16H13FN3O/c1-11-3-2-4-13(9-11)16-18-15(19-20-16)12-5-7-14(8-6-12)21-10-17/h2-9H,1,10H2,(H,18,19,20). The van der Waals surface area contributed by atoms with E-state index in [4.69, 9.17) is 4.74 Å². The lowest BCUT2D eigenvalue weighted by atomic mass is 10.1. The van der Waals surface area contributed by atoms with Gasteiger partial charge in [0.15, 0.2) is 11.6 Å². The van der Waals surface area contributed by atoms with Gasteiger partial charge in [0.25, 0.3) is 0 Å². The summed E-state index contributed by atoms with van der Waals surface area (Å²) >= 11 is 0. The lowest BCUT2D eigenvalue weighted by Gasteiger charge is -2.01. The highest BCUT2D eigenvalue weighted by molar-refractivity contribution is 5.62. The van der Waals surface area contributed by atoms with Crippen LogP contribution in [-0.4, -0.2) is 22.0 Å². The third-order valence-corrected chi connectivity index (χ3v) is 3.02. The van der Waals surface area contributed by atoms with Gasteiger partial charge in [0.2, 0.25) is 6.86 Å². The number of rotatable bonds is 4. The van der Waals surface area contributed by atoms with Gasteiger partial charge in [-0.2, -0.15) is 5.10 Å². The minimum absolute atomic E-state index is 0.478. The highest BCUT2D eigenvalue weighted by Gasteiger charge is 2.08. The van der Waals surface area contributed by atoms with Crippen LogP contribution in [0, 0.1) is 6.92 Å². The first-order chi connectivity index (χ1) is 10.3. The molecule has 0 atom stereocenters. The first kappa shape index (κ1) is 13.3. The molecule has 3 rings (SSSR count). The molecule has 0 unspecified atom stereocenters. The van der Waals surface area contributed by atoms with Crippen LogP contribution in [0.4, 0.5) is 4.39 Å². The molecule has 3 aromatic rings. The summed E-state index contributed by atoms with van der Waals surface area (Å²) in [7, 11) is 0. The Morgan fingerprint density at radius 3 is 2.62 bits per heavy atom. The zero-order valence-corrected chi connectivity index (χ0v) is 11.2. The van der Waals surface area contributed by atoms with E-state index in [1.807, 2.05) is 24.3 Å². The van der Waals surface area contributed by atoms with E-state index in [1.54, 1.807) is 24.3 Å². The molecule has 105 valence electrons. The summed E-state index contributed by atoms with van der Waals surface area (Å²) in [6, 6.07) is 14.7. The summed E-state index contributed by atoms with van der Waals surface area (Å²) in [5.74, 6) is 1.73. The van der Waals surface area contributed by atoms with Gasteiger partial charge in [-0.1, -0.05) is 18.2 Å². The quantitative estimate of drug-likeness (QED) is 0.795.